The number of hydrogen-bond acceptors (Lipinski definition) is 3. The van der Waals surface area contributed by atoms with Crippen molar-refractivity contribution in [3.8, 4) is 5.75 Å². The van der Waals surface area contributed by atoms with Gasteiger partial charge in [0.25, 0.3) is 0 Å². The Morgan fingerprint density at radius 3 is 2.74 bits per heavy atom. The van der Waals surface area contributed by atoms with Gasteiger partial charge in [0.05, 0.1) is 13.2 Å². The average molecular weight is 276 g/mol. The fourth-order valence-corrected chi connectivity index (χ4v) is 3.28. The summed E-state index contributed by atoms with van der Waals surface area (Å²) in [6, 6.07) is 8.17. The molecule has 1 atom stereocenters. The number of rotatable bonds is 5. The second kappa shape index (κ2) is 6.22. The maximum atomic E-state index is 10.4. The van der Waals surface area contributed by atoms with Crippen molar-refractivity contribution in [2.45, 2.75) is 32.8 Å². The maximum Gasteiger partial charge on any atom is 0.122 e. The van der Waals surface area contributed by atoms with E-state index in [9.17, 15) is 5.11 Å². The third kappa shape index (κ3) is 3.17. The van der Waals surface area contributed by atoms with Gasteiger partial charge in [0.15, 0.2) is 0 Å². The van der Waals surface area contributed by atoms with Gasteiger partial charge in [-0.15, -0.1) is 11.3 Å². The number of ether oxygens (including phenoxy) is 1. The molecule has 2 rings (SSSR count). The topological polar surface area (TPSA) is 29.5 Å². The van der Waals surface area contributed by atoms with E-state index >= 15 is 0 Å². The van der Waals surface area contributed by atoms with Crippen LogP contribution in [-0.2, 0) is 12.8 Å². The molecule has 0 aliphatic rings. The summed E-state index contributed by atoms with van der Waals surface area (Å²) in [5, 5.41) is 12.5. The molecule has 19 heavy (non-hydrogen) atoms. The minimum Gasteiger partial charge on any atom is -0.496 e. The van der Waals surface area contributed by atoms with Gasteiger partial charge in [-0.3, -0.25) is 0 Å². The molecule has 0 aliphatic carbocycles. The molecule has 0 saturated carbocycles. The second-order valence-corrected chi connectivity index (χ2v) is 5.65. The highest BCUT2D eigenvalue weighted by Crippen LogP contribution is 2.30. The summed E-state index contributed by atoms with van der Waals surface area (Å²) in [4.78, 5) is 1.08. The molecule has 0 fully saturated rings. The lowest BCUT2D eigenvalue weighted by Crippen LogP contribution is -2.04. The fourth-order valence-electron chi connectivity index (χ4n) is 2.30. The molecule has 0 radical (unpaired) electrons. The number of methoxy groups -OCH3 is 1. The summed E-state index contributed by atoms with van der Waals surface area (Å²) in [6.07, 6.45) is 1.10. The minimum atomic E-state index is -0.453. The monoisotopic (exact) mass is 276 g/mol. The van der Waals surface area contributed by atoms with E-state index in [4.69, 9.17) is 4.74 Å². The maximum absolute atomic E-state index is 10.4. The Kier molecular flexibility index (Phi) is 4.61. The van der Waals surface area contributed by atoms with Gasteiger partial charge in [-0.2, -0.15) is 0 Å². The van der Waals surface area contributed by atoms with Crippen molar-refractivity contribution in [3.05, 3.63) is 51.2 Å². The highest BCUT2D eigenvalue weighted by Gasteiger charge is 2.16. The molecular weight excluding hydrogens is 256 g/mol. The molecule has 1 unspecified atom stereocenters. The second-order valence-electron chi connectivity index (χ2n) is 4.70. The van der Waals surface area contributed by atoms with E-state index in [2.05, 4.69) is 26.0 Å². The standard InChI is InChI=1S/C16H20O2S/c1-4-12-7-8-19-16(12)14(17)10-13-9-11(2)5-6-15(13)18-3/h5-9,14,17H,4,10H2,1-3H3. The summed E-state index contributed by atoms with van der Waals surface area (Å²) < 4.78 is 5.37. The Hall–Kier alpha value is -1.32. The summed E-state index contributed by atoms with van der Waals surface area (Å²) in [5.41, 5.74) is 3.49. The molecule has 0 spiro atoms. The normalized spacial score (nSPS) is 12.4. The number of aliphatic hydroxyl groups is 1. The number of aryl methyl sites for hydroxylation is 2. The molecule has 1 aromatic heterocycles. The van der Waals surface area contributed by atoms with Crippen LogP contribution in [0.1, 0.15) is 34.6 Å². The predicted molar refractivity (Wildman–Crippen MR) is 80.1 cm³/mol. The first-order valence-electron chi connectivity index (χ1n) is 6.53. The van der Waals surface area contributed by atoms with Crippen LogP contribution in [0.25, 0.3) is 0 Å². The Bertz CT molecular complexity index is 545. The molecule has 2 aromatic rings. The summed E-state index contributed by atoms with van der Waals surface area (Å²) in [7, 11) is 1.67. The predicted octanol–water partition coefficient (Wildman–Crippen LogP) is 3.90. The van der Waals surface area contributed by atoms with E-state index in [0.29, 0.717) is 6.42 Å². The van der Waals surface area contributed by atoms with E-state index in [1.807, 2.05) is 17.5 Å². The van der Waals surface area contributed by atoms with Crippen LogP contribution in [0, 0.1) is 6.92 Å². The van der Waals surface area contributed by atoms with Gasteiger partial charge >= 0.3 is 0 Å². The van der Waals surface area contributed by atoms with Crippen molar-refractivity contribution in [1.29, 1.82) is 0 Å². The van der Waals surface area contributed by atoms with E-state index < -0.39 is 6.10 Å². The fraction of sp³-hybridized carbons (Fsp3) is 0.375. The van der Waals surface area contributed by atoms with Gasteiger partial charge in [0.1, 0.15) is 5.75 Å². The van der Waals surface area contributed by atoms with Crippen molar-refractivity contribution in [2.24, 2.45) is 0 Å². The molecule has 2 nitrogen and oxygen atoms in total. The van der Waals surface area contributed by atoms with Crippen molar-refractivity contribution >= 4 is 11.3 Å². The van der Waals surface area contributed by atoms with Gasteiger partial charge in [-0.1, -0.05) is 24.6 Å². The molecule has 102 valence electrons. The first-order chi connectivity index (χ1) is 9.15. The van der Waals surface area contributed by atoms with E-state index in [1.54, 1.807) is 18.4 Å². The zero-order valence-corrected chi connectivity index (χ0v) is 12.5. The lowest BCUT2D eigenvalue weighted by Gasteiger charge is -2.14. The first-order valence-corrected chi connectivity index (χ1v) is 7.41. The Morgan fingerprint density at radius 1 is 1.26 bits per heavy atom. The quantitative estimate of drug-likeness (QED) is 0.897. The molecule has 1 heterocycles. The van der Waals surface area contributed by atoms with E-state index in [-0.39, 0.29) is 0 Å². The van der Waals surface area contributed by atoms with Crippen LogP contribution >= 0.6 is 11.3 Å². The SMILES string of the molecule is CCc1ccsc1C(O)Cc1cc(C)ccc1OC. The Balaban J connectivity index is 2.23. The van der Waals surface area contributed by atoms with Crippen molar-refractivity contribution < 1.29 is 9.84 Å². The van der Waals surface area contributed by atoms with Crippen LogP contribution in [0.3, 0.4) is 0 Å². The van der Waals surface area contributed by atoms with Gasteiger partial charge in [-0.25, -0.2) is 0 Å². The first kappa shape index (κ1) is 14.1. The van der Waals surface area contributed by atoms with Gasteiger partial charge in [0.2, 0.25) is 0 Å². The van der Waals surface area contributed by atoms with Crippen LogP contribution in [0.15, 0.2) is 29.6 Å². The number of hydrogen-bond donors (Lipinski definition) is 1. The van der Waals surface area contributed by atoms with Crippen LogP contribution in [0.4, 0.5) is 0 Å². The zero-order chi connectivity index (χ0) is 13.8. The lowest BCUT2D eigenvalue weighted by molar-refractivity contribution is 0.180. The number of aliphatic hydroxyl groups excluding tert-OH is 1. The molecule has 0 bridgehead atoms. The van der Waals surface area contributed by atoms with Crippen molar-refractivity contribution in [1.82, 2.24) is 0 Å². The summed E-state index contributed by atoms with van der Waals surface area (Å²) >= 11 is 1.63. The third-order valence-corrected chi connectivity index (χ3v) is 4.37. The molecule has 1 N–H and O–H groups in total. The summed E-state index contributed by atoms with van der Waals surface area (Å²) in [5.74, 6) is 0.847. The largest absolute Gasteiger partial charge is 0.496 e. The van der Waals surface area contributed by atoms with Crippen LogP contribution in [-0.4, -0.2) is 12.2 Å². The van der Waals surface area contributed by atoms with Gasteiger partial charge in [-0.05, 0) is 42.0 Å². The van der Waals surface area contributed by atoms with Crippen LogP contribution in [0.5, 0.6) is 5.75 Å². The molecular formula is C16H20O2S. The molecule has 0 amide bonds. The highest BCUT2D eigenvalue weighted by atomic mass is 32.1. The lowest BCUT2D eigenvalue weighted by atomic mass is 10.0. The summed E-state index contributed by atoms with van der Waals surface area (Å²) in [6.45, 7) is 4.17. The number of benzene rings is 1. The minimum absolute atomic E-state index is 0.453. The van der Waals surface area contributed by atoms with Crippen molar-refractivity contribution in [2.75, 3.05) is 7.11 Å². The van der Waals surface area contributed by atoms with E-state index in [1.165, 1.54) is 11.1 Å². The molecule has 1 aromatic carbocycles. The molecule has 3 heteroatoms. The van der Waals surface area contributed by atoms with E-state index in [0.717, 1.165) is 22.6 Å². The van der Waals surface area contributed by atoms with Gasteiger partial charge < -0.3 is 9.84 Å². The molecule has 0 aliphatic heterocycles. The van der Waals surface area contributed by atoms with Gasteiger partial charge in [0, 0.05) is 11.3 Å². The smallest absolute Gasteiger partial charge is 0.122 e. The third-order valence-electron chi connectivity index (χ3n) is 3.31. The van der Waals surface area contributed by atoms with Crippen LogP contribution in [0.2, 0.25) is 0 Å². The number of thiophene rings is 1. The average Bonchev–Trinajstić information content (AvgIpc) is 2.87. The van der Waals surface area contributed by atoms with Crippen LogP contribution < -0.4 is 4.74 Å². The zero-order valence-electron chi connectivity index (χ0n) is 11.6. The molecule has 0 saturated heterocycles. The Labute approximate surface area is 118 Å². The Morgan fingerprint density at radius 2 is 2.05 bits per heavy atom. The van der Waals surface area contributed by atoms with Crippen molar-refractivity contribution in [3.63, 3.8) is 0 Å². The highest BCUT2D eigenvalue weighted by molar-refractivity contribution is 7.10.